The van der Waals surface area contributed by atoms with E-state index in [2.05, 4.69) is 35.6 Å². The smallest absolute Gasteiger partial charge is 0.255 e. The first-order valence-corrected chi connectivity index (χ1v) is 9.60. The standard InChI is InChI=1S/C22H20N8O2/c1-13-3-4-14(22(31)29-15-5-6-25-20(8-15)32-2)7-17(13)30-21-16(10-24-11-28-21)18-9-19(23)27-12-26-18/h3-12H,1-2H3,(H2,23,26,27)(H,24,28,30)(H,25,29,31). The third-order valence-electron chi connectivity index (χ3n) is 4.63. The molecule has 0 radical (unpaired) electrons. The summed E-state index contributed by atoms with van der Waals surface area (Å²) in [5, 5.41) is 6.12. The van der Waals surface area contributed by atoms with E-state index in [1.165, 1.54) is 19.8 Å². The molecular formula is C22H20N8O2. The number of amides is 1. The number of anilines is 4. The fourth-order valence-electron chi connectivity index (χ4n) is 2.96. The van der Waals surface area contributed by atoms with Gasteiger partial charge in [-0.05, 0) is 30.7 Å². The summed E-state index contributed by atoms with van der Waals surface area (Å²) in [6.45, 7) is 1.93. The molecule has 1 aromatic carbocycles. The number of hydrogen-bond acceptors (Lipinski definition) is 9. The molecule has 1 amide bonds. The van der Waals surface area contributed by atoms with Crippen LogP contribution in [0.15, 0.2) is 61.4 Å². The first kappa shape index (κ1) is 20.7. The minimum absolute atomic E-state index is 0.271. The van der Waals surface area contributed by atoms with Crippen molar-refractivity contribution >= 4 is 28.9 Å². The van der Waals surface area contributed by atoms with Gasteiger partial charge in [-0.15, -0.1) is 0 Å². The van der Waals surface area contributed by atoms with Gasteiger partial charge in [0.25, 0.3) is 5.91 Å². The number of benzene rings is 1. The van der Waals surface area contributed by atoms with Crippen LogP contribution in [0.3, 0.4) is 0 Å². The number of aryl methyl sites for hydroxylation is 1. The van der Waals surface area contributed by atoms with E-state index >= 15 is 0 Å². The van der Waals surface area contributed by atoms with Crippen molar-refractivity contribution in [1.82, 2.24) is 24.9 Å². The molecule has 0 saturated carbocycles. The molecule has 0 aliphatic carbocycles. The molecule has 0 bridgehead atoms. The van der Waals surface area contributed by atoms with E-state index < -0.39 is 0 Å². The Kier molecular flexibility index (Phi) is 5.84. The Balaban J connectivity index is 1.61. The lowest BCUT2D eigenvalue weighted by Gasteiger charge is -2.14. The van der Waals surface area contributed by atoms with Crippen LogP contribution in [0.25, 0.3) is 11.3 Å². The van der Waals surface area contributed by atoms with Crippen LogP contribution >= 0.6 is 0 Å². The van der Waals surface area contributed by atoms with E-state index in [0.717, 1.165) is 5.56 Å². The average molecular weight is 428 g/mol. The van der Waals surface area contributed by atoms with E-state index in [-0.39, 0.29) is 5.91 Å². The van der Waals surface area contributed by atoms with Crippen LogP contribution in [0, 0.1) is 6.92 Å². The van der Waals surface area contributed by atoms with Gasteiger partial charge in [0.15, 0.2) is 0 Å². The van der Waals surface area contributed by atoms with Gasteiger partial charge in [0, 0.05) is 41.5 Å². The highest BCUT2D eigenvalue weighted by molar-refractivity contribution is 6.05. The monoisotopic (exact) mass is 428 g/mol. The number of ether oxygens (including phenoxy) is 1. The Morgan fingerprint density at radius 2 is 1.91 bits per heavy atom. The molecule has 10 heteroatoms. The second kappa shape index (κ2) is 9.04. The third kappa shape index (κ3) is 4.59. The summed E-state index contributed by atoms with van der Waals surface area (Å²) in [5.74, 6) is 1.01. The number of rotatable bonds is 6. The van der Waals surface area contributed by atoms with Crippen molar-refractivity contribution in [2.24, 2.45) is 0 Å². The quantitative estimate of drug-likeness (QED) is 0.422. The topological polar surface area (TPSA) is 141 Å². The molecule has 0 aliphatic rings. The number of nitrogens with two attached hydrogens (primary N) is 1. The van der Waals surface area contributed by atoms with Gasteiger partial charge in [0.2, 0.25) is 5.88 Å². The molecule has 10 nitrogen and oxygen atoms in total. The Hall–Kier alpha value is -4.60. The van der Waals surface area contributed by atoms with Crippen LogP contribution in [-0.2, 0) is 0 Å². The predicted molar refractivity (Wildman–Crippen MR) is 121 cm³/mol. The maximum absolute atomic E-state index is 12.8. The fraction of sp³-hybridized carbons (Fsp3) is 0.0909. The highest BCUT2D eigenvalue weighted by atomic mass is 16.5. The van der Waals surface area contributed by atoms with Gasteiger partial charge in [0.05, 0.1) is 18.4 Å². The summed E-state index contributed by atoms with van der Waals surface area (Å²) in [7, 11) is 1.52. The average Bonchev–Trinajstić information content (AvgIpc) is 2.81. The third-order valence-corrected chi connectivity index (χ3v) is 4.63. The zero-order chi connectivity index (χ0) is 22.5. The predicted octanol–water partition coefficient (Wildman–Crippen LogP) is 3.22. The van der Waals surface area contributed by atoms with Crippen molar-refractivity contribution in [2.45, 2.75) is 6.92 Å². The second-order valence-corrected chi connectivity index (χ2v) is 6.81. The minimum Gasteiger partial charge on any atom is -0.481 e. The minimum atomic E-state index is -0.271. The van der Waals surface area contributed by atoms with Gasteiger partial charge >= 0.3 is 0 Å². The van der Waals surface area contributed by atoms with Gasteiger partial charge < -0.3 is 21.1 Å². The van der Waals surface area contributed by atoms with Crippen LogP contribution in [0.2, 0.25) is 0 Å². The van der Waals surface area contributed by atoms with Crippen molar-refractivity contribution < 1.29 is 9.53 Å². The van der Waals surface area contributed by atoms with E-state index in [1.807, 2.05) is 13.0 Å². The SMILES string of the molecule is COc1cc(NC(=O)c2ccc(C)c(Nc3ncncc3-c3cc(N)ncn3)c2)ccn1. The van der Waals surface area contributed by atoms with Crippen molar-refractivity contribution in [3.8, 4) is 17.1 Å². The number of nitrogen functional groups attached to an aromatic ring is 1. The van der Waals surface area contributed by atoms with Crippen molar-refractivity contribution in [1.29, 1.82) is 0 Å². The Labute approximate surface area is 184 Å². The molecule has 0 saturated heterocycles. The Morgan fingerprint density at radius 3 is 2.72 bits per heavy atom. The molecule has 0 unspecified atom stereocenters. The maximum atomic E-state index is 12.8. The fourth-order valence-corrected chi connectivity index (χ4v) is 2.96. The van der Waals surface area contributed by atoms with E-state index in [0.29, 0.717) is 45.7 Å². The zero-order valence-corrected chi connectivity index (χ0v) is 17.4. The number of carbonyl (C=O) groups is 1. The van der Waals surface area contributed by atoms with Crippen molar-refractivity contribution in [3.63, 3.8) is 0 Å². The first-order chi connectivity index (χ1) is 15.5. The Bertz CT molecular complexity index is 1280. The highest BCUT2D eigenvalue weighted by Gasteiger charge is 2.13. The number of hydrogen-bond donors (Lipinski definition) is 3. The molecule has 3 aromatic heterocycles. The van der Waals surface area contributed by atoms with Crippen molar-refractivity contribution in [2.75, 3.05) is 23.5 Å². The second-order valence-electron chi connectivity index (χ2n) is 6.81. The molecule has 3 heterocycles. The summed E-state index contributed by atoms with van der Waals surface area (Å²) in [4.78, 5) is 33.4. The van der Waals surface area contributed by atoms with Crippen LogP contribution in [0.5, 0.6) is 5.88 Å². The molecule has 160 valence electrons. The van der Waals surface area contributed by atoms with Gasteiger partial charge in [-0.1, -0.05) is 6.07 Å². The van der Waals surface area contributed by atoms with Crippen LogP contribution in [0.4, 0.5) is 23.0 Å². The molecular weight excluding hydrogens is 408 g/mol. The number of carbonyl (C=O) groups excluding carboxylic acids is 1. The van der Waals surface area contributed by atoms with Gasteiger partial charge in [-0.25, -0.2) is 24.9 Å². The van der Waals surface area contributed by atoms with Crippen LogP contribution < -0.4 is 21.1 Å². The molecule has 4 aromatic rings. The summed E-state index contributed by atoms with van der Waals surface area (Å²) >= 11 is 0. The van der Waals surface area contributed by atoms with Gasteiger partial charge in [-0.2, -0.15) is 0 Å². The van der Waals surface area contributed by atoms with Crippen molar-refractivity contribution in [3.05, 3.63) is 72.6 Å². The summed E-state index contributed by atoms with van der Waals surface area (Å²) in [6, 6.07) is 10.3. The van der Waals surface area contributed by atoms with E-state index in [4.69, 9.17) is 10.5 Å². The maximum Gasteiger partial charge on any atom is 0.255 e. The van der Waals surface area contributed by atoms with E-state index in [1.54, 1.807) is 42.7 Å². The number of methoxy groups -OCH3 is 1. The molecule has 0 spiro atoms. The number of pyridine rings is 1. The summed E-state index contributed by atoms with van der Waals surface area (Å²) in [5.41, 5.74) is 9.72. The lowest BCUT2D eigenvalue weighted by atomic mass is 10.1. The lowest BCUT2D eigenvalue weighted by molar-refractivity contribution is 0.102. The molecule has 0 fully saturated rings. The molecule has 0 aliphatic heterocycles. The lowest BCUT2D eigenvalue weighted by Crippen LogP contribution is -2.12. The first-order valence-electron chi connectivity index (χ1n) is 9.60. The largest absolute Gasteiger partial charge is 0.481 e. The summed E-state index contributed by atoms with van der Waals surface area (Å²) in [6.07, 6.45) is 6.01. The zero-order valence-electron chi connectivity index (χ0n) is 17.4. The van der Waals surface area contributed by atoms with Crippen LogP contribution in [0.1, 0.15) is 15.9 Å². The Morgan fingerprint density at radius 1 is 1.03 bits per heavy atom. The van der Waals surface area contributed by atoms with E-state index in [9.17, 15) is 4.79 Å². The number of aromatic nitrogens is 5. The highest BCUT2D eigenvalue weighted by Crippen LogP contribution is 2.29. The molecule has 32 heavy (non-hydrogen) atoms. The molecule has 0 atom stereocenters. The molecule has 4 N–H and O–H groups in total. The number of nitrogens with one attached hydrogen (secondary N) is 2. The normalized spacial score (nSPS) is 10.4. The summed E-state index contributed by atoms with van der Waals surface area (Å²) < 4.78 is 5.10. The number of nitrogens with zero attached hydrogens (tertiary/aromatic N) is 5. The van der Waals surface area contributed by atoms with Gasteiger partial charge in [-0.3, -0.25) is 4.79 Å². The molecule has 4 rings (SSSR count). The van der Waals surface area contributed by atoms with Gasteiger partial charge in [0.1, 0.15) is 24.3 Å². The van der Waals surface area contributed by atoms with Crippen LogP contribution in [-0.4, -0.2) is 37.9 Å².